The van der Waals surface area contributed by atoms with Crippen LogP contribution in [0.25, 0.3) is 0 Å². The molecule has 0 spiro atoms. The average molecular weight is 493 g/mol. The van der Waals surface area contributed by atoms with Crippen LogP contribution in [-0.2, 0) is 11.2 Å². The number of aryl methyl sites for hydroxylation is 1. The minimum atomic E-state index is -0.476. The van der Waals surface area contributed by atoms with Crippen LogP contribution in [0.1, 0.15) is 37.7 Å². The largest absolute Gasteiger partial charge is 0.494 e. The summed E-state index contributed by atoms with van der Waals surface area (Å²) in [5.41, 5.74) is 23.6. The summed E-state index contributed by atoms with van der Waals surface area (Å²) in [5, 5.41) is 5.75. The number of benzene rings is 1. The van der Waals surface area contributed by atoms with E-state index >= 15 is 0 Å². The first-order chi connectivity index (χ1) is 16.2. The lowest BCUT2D eigenvalue weighted by molar-refractivity contribution is -0.118. The number of rotatable bonds is 14. The number of amides is 1. The molecule has 0 fully saturated rings. The first-order valence-corrected chi connectivity index (χ1v) is 10.9. The SMILES string of the molecule is C=N/C(Cl)=C(N)\N=C(\N)CC(=O)NC(N)=NCCCCc1ccc(OCCC/C(N)=N/N)cc1. The van der Waals surface area contributed by atoms with Crippen molar-refractivity contribution in [2.75, 3.05) is 13.2 Å². The number of halogens is 1. The van der Waals surface area contributed by atoms with Gasteiger partial charge in [0.2, 0.25) is 5.91 Å². The number of hydrazone groups is 1. The van der Waals surface area contributed by atoms with Crippen molar-refractivity contribution < 1.29 is 9.53 Å². The first kappa shape index (κ1) is 28.2. The van der Waals surface area contributed by atoms with Gasteiger partial charge in [-0.2, -0.15) is 5.10 Å². The second-order valence-electron chi connectivity index (χ2n) is 7.10. The fourth-order valence-electron chi connectivity index (χ4n) is 2.61. The van der Waals surface area contributed by atoms with E-state index in [1.54, 1.807) is 0 Å². The second kappa shape index (κ2) is 15.9. The fraction of sp³-hybridized carbons (Fsp3) is 0.381. The minimum absolute atomic E-state index is 0.00750. The summed E-state index contributed by atoms with van der Waals surface area (Å²) in [6, 6.07) is 7.91. The maximum Gasteiger partial charge on any atom is 0.234 e. The van der Waals surface area contributed by atoms with E-state index in [9.17, 15) is 4.79 Å². The highest BCUT2D eigenvalue weighted by Gasteiger charge is 2.07. The van der Waals surface area contributed by atoms with E-state index in [4.69, 9.17) is 45.1 Å². The Morgan fingerprint density at radius 3 is 2.41 bits per heavy atom. The Bertz CT molecular complexity index is 926. The molecule has 0 unspecified atom stereocenters. The molecule has 1 rings (SSSR count). The molecule has 0 radical (unpaired) electrons. The smallest absolute Gasteiger partial charge is 0.234 e. The quantitative estimate of drug-likeness (QED) is 0.0541. The Hall–Kier alpha value is -3.80. The Kier molecular flexibility index (Phi) is 13.2. The predicted molar refractivity (Wildman–Crippen MR) is 137 cm³/mol. The van der Waals surface area contributed by atoms with E-state index < -0.39 is 5.91 Å². The summed E-state index contributed by atoms with van der Waals surface area (Å²) in [4.78, 5) is 23.2. The molecule has 0 atom stereocenters. The molecule has 11 N–H and O–H groups in total. The minimum Gasteiger partial charge on any atom is -0.494 e. The number of nitrogens with one attached hydrogen (secondary N) is 1. The monoisotopic (exact) mass is 492 g/mol. The Labute approximate surface area is 204 Å². The summed E-state index contributed by atoms with van der Waals surface area (Å²) in [7, 11) is 0. The lowest BCUT2D eigenvalue weighted by atomic mass is 10.1. The van der Waals surface area contributed by atoms with Crippen LogP contribution in [0.15, 0.2) is 55.3 Å². The van der Waals surface area contributed by atoms with Crippen LogP contribution < -0.4 is 38.8 Å². The van der Waals surface area contributed by atoms with E-state index in [0.29, 0.717) is 25.4 Å². The fourth-order valence-corrected chi connectivity index (χ4v) is 2.66. The zero-order valence-corrected chi connectivity index (χ0v) is 19.8. The molecule has 0 saturated heterocycles. The molecule has 12 nitrogen and oxygen atoms in total. The van der Waals surface area contributed by atoms with Crippen LogP contribution in [0.4, 0.5) is 0 Å². The third kappa shape index (κ3) is 12.3. The summed E-state index contributed by atoms with van der Waals surface area (Å²) < 4.78 is 5.66. The van der Waals surface area contributed by atoms with E-state index in [-0.39, 0.29) is 29.2 Å². The third-order valence-corrected chi connectivity index (χ3v) is 4.63. The van der Waals surface area contributed by atoms with Gasteiger partial charge in [0.1, 0.15) is 17.4 Å². The van der Waals surface area contributed by atoms with Crippen molar-refractivity contribution in [2.45, 2.75) is 38.5 Å². The number of ether oxygens (including phenoxy) is 1. The van der Waals surface area contributed by atoms with Gasteiger partial charge in [0.15, 0.2) is 16.9 Å². The van der Waals surface area contributed by atoms with Crippen molar-refractivity contribution >= 4 is 41.9 Å². The number of hydrogen-bond acceptors (Lipinski definition) is 8. The van der Waals surface area contributed by atoms with Crippen molar-refractivity contribution in [1.82, 2.24) is 5.32 Å². The first-order valence-electron chi connectivity index (χ1n) is 10.5. The zero-order chi connectivity index (χ0) is 25.3. The maximum absolute atomic E-state index is 11.9. The molecular weight excluding hydrogens is 460 g/mol. The van der Waals surface area contributed by atoms with Gasteiger partial charge in [-0.05, 0) is 50.1 Å². The van der Waals surface area contributed by atoms with Crippen molar-refractivity contribution in [3.63, 3.8) is 0 Å². The highest BCUT2D eigenvalue weighted by atomic mass is 35.5. The molecule has 0 heterocycles. The molecular formula is C21H33ClN10O2. The number of unbranched alkanes of at least 4 members (excludes halogenated alkanes) is 1. The average Bonchev–Trinajstić information content (AvgIpc) is 2.81. The summed E-state index contributed by atoms with van der Waals surface area (Å²) in [6.45, 7) is 4.23. The molecule has 1 aromatic rings. The summed E-state index contributed by atoms with van der Waals surface area (Å²) in [6.07, 6.45) is 3.71. The van der Waals surface area contributed by atoms with Crippen LogP contribution in [-0.4, -0.2) is 43.4 Å². The molecule has 13 heteroatoms. The number of amidine groups is 2. The normalized spacial score (nSPS) is 13.3. The number of aliphatic imine (C=N–C) groups is 3. The van der Waals surface area contributed by atoms with Crippen molar-refractivity contribution in [3.05, 3.63) is 40.8 Å². The van der Waals surface area contributed by atoms with Gasteiger partial charge < -0.3 is 33.5 Å². The second-order valence-corrected chi connectivity index (χ2v) is 7.46. The topological polar surface area (TPSA) is 218 Å². The number of carbonyl (C=O) groups is 1. The van der Waals surface area contributed by atoms with Crippen molar-refractivity contribution in [1.29, 1.82) is 0 Å². The number of nitrogens with zero attached hydrogens (tertiary/aromatic N) is 4. The van der Waals surface area contributed by atoms with Crippen LogP contribution in [0.5, 0.6) is 5.75 Å². The molecule has 34 heavy (non-hydrogen) atoms. The maximum atomic E-state index is 11.9. The third-order valence-electron chi connectivity index (χ3n) is 4.31. The van der Waals surface area contributed by atoms with Crippen molar-refractivity contribution in [2.24, 2.45) is 48.9 Å². The molecule has 0 saturated carbocycles. The van der Waals surface area contributed by atoms with Crippen LogP contribution >= 0.6 is 11.6 Å². The Balaban J connectivity index is 2.29. The van der Waals surface area contributed by atoms with E-state index in [2.05, 4.69) is 32.1 Å². The number of guanidine groups is 1. The standard InChI is InChI=1S/C21H33ClN10O2/c1-28-19(22)20(25)30-17(24)13-18(33)31-21(26)29-11-3-2-5-14-7-9-15(10-8-14)34-12-4-6-16(23)32-27/h7-10H,1-6,11-13,25,27H2,(H2,23,32)(H2,24,30)(H3,26,29,31,33)/b20-19-. The molecule has 186 valence electrons. The predicted octanol–water partition coefficient (Wildman–Crippen LogP) is 0.602. The van der Waals surface area contributed by atoms with E-state index in [0.717, 1.165) is 31.4 Å². The molecule has 0 aliphatic rings. The Morgan fingerprint density at radius 2 is 1.76 bits per heavy atom. The molecule has 0 aliphatic heterocycles. The van der Waals surface area contributed by atoms with Crippen LogP contribution in [0.3, 0.4) is 0 Å². The lowest BCUT2D eigenvalue weighted by Gasteiger charge is -2.07. The van der Waals surface area contributed by atoms with E-state index in [1.807, 2.05) is 24.3 Å². The molecule has 0 bridgehead atoms. The van der Waals surface area contributed by atoms with Gasteiger partial charge in [-0.15, -0.1) is 0 Å². The van der Waals surface area contributed by atoms with Gasteiger partial charge in [0.25, 0.3) is 0 Å². The molecule has 0 aromatic heterocycles. The number of hydrogen-bond donors (Lipinski definition) is 6. The van der Waals surface area contributed by atoms with E-state index in [1.165, 1.54) is 5.56 Å². The summed E-state index contributed by atoms with van der Waals surface area (Å²) >= 11 is 5.65. The van der Waals surface area contributed by atoms with Crippen LogP contribution in [0, 0.1) is 0 Å². The molecule has 1 aromatic carbocycles. The molecule has 1 amide bonds. The van der Waals surface area contributed by atoms with Gasteiger partial charge in [-0.1, -0.05) is 23.7 Å². The highest BCUT2D eigenvalue weighted by molar-refractivity contribution is 6.30. The lowest BCUT2D eigenvalue weighted by Crippen LogP contribution is -2.38. The van der Waals surface area contributed by atoms with Gasteiger partial charge >= 0.3 is 0 Å². The van der Waals surface area contributed by atoms with Crippen LogP contribution in [0.2, 0.25) is 0 Å². The van der Waals surface area contributed by atoms with Gasteiger partial charge in [-0.3, -0.25) is 15.1 Å². The highest BCUT2D eigenvalue weighted by Crippen LogP contribution is 2.14. The number of carbonyl (C=O) groups excluding carboxylic acids is 1. The van der Waals surface area contributed by atoms with Gasteiger partial charge in [0.05, 0.1) is 13.0 Å². The zero-order valence-electron chi connectivity index (χ0n) is 19.0. The van der Waals surface area contributed by atoms with Gasteiger partial charge in [0, 0.05) is 13.0 Å². The molecule has 0 aliphatic carbocycles. The Morgan fingerprint density at radius 1 is 1.06 bits per heavy atom. The van der Waals surface area contributed by atoms with Crippen molar-refractivity contribution in [3.8, 4) is 5.75 Å². The van der Waals surface area contributed by atoms with Gasteiger partial charge in [-0.25, -0.2) is 9.98 Å². The summed E-state index contributed by atoms with van der Waals surface area (Å²) in [5.74, 6) is 5.64. The number of nitrogens with two attached hydrogens (primary N) is 5.